The highest BCUT2D eigenvalue weighted by atomic mass is 32.1. The van der Waals surface area contributed by atoms with Crippen LogP contribution in [0.25, 0.3) is 0 Å². The Morgan fingerprint density at radius 3 is 2.85 bits per heavy atom. The summed E-state index contributed by atoms with van der Waals surface area (Å²) in [5.41, 5.74) is 0.674. The van der Waals surface area contributed by atoms with Crippen molar-refractivity contribution in [2.45, 2.75) is 44.3 Å². The van der Waals surface area contributed by atoms with Crippen LogP contribution in [0.2, 0.25) is 0 Å². The molecule has 2 saturated heterocycles. The van der Waals surface area contributed by atoms with Gasteiger partial charge in [-0.15, -0.1) is 0 Å². The molecule has 136 valence electrons. The Kier molecular flexibility index (Phi) is 4.65. The maximum absolute atomic E-state index is 12.5. The lowest BCUT2D eigenvalue weighted by Crippen LogP contribution is -2.42. The number of hydrogen-bond donors (Lipinski definition) is 3. The fraction of sp³-hybridized carbons (Fsp3) is 0.368. The number of hydrogen-bond acceptors (Lipinski definition) is 5. The van der Waals surface area contributed by atoms with Gasteiger partial charge in [-0.25, -0.2) is 0 Å². The number of nitrogens with one attached hydrogen (secondary N) is 3. The van der Waals surface area contributed by atoms with Gasteiger partial charge < -0.3 is 20.7 Å². The first-order chi connectivity index (χ1) is 12.6. The molecule has 0 spiro atoms. The Morgan fingerprint density at radius 2 is 2.12 bits per heavy atom. The Morgan fingerprint density at radius 1 is 1.23 bits per heavy atom. The standard InChI is InChI=1S/C19H21N3O3S/c1-11(23)20-12-3-2-4-14(9-12)25-18-8-7-17(26-18)19(24)22-16-10-13-5-6-15(16)21-13/h2-4,7-9,13,15-16,21H,5-6,10H2,1H3,(H,20,23)(H,22,24)/t13-,15+,16-/m1/s1. The predicted octanol–water partition coefficient (Wildman–Crippen LogP) is 3.12. The van der Waals surface area contributed by atoms with Crippen LogP contribution in [0.1, 0.15) is 35.9 Å². The van der Waals surface area contributed by atoms with Crippen LogP contribution >= 0.6 is 11.3 Å². The van der Waals surface area contributed by atoms with E-state index in [0.29, 0.717) is 33.5 Å². The van der Waals surface area contributed by atoms with Crippen LogP contribution in [0.15, 0.2) is 36.4 Å². The minimum Gasteiger partial charge on any atom is -0.447 e. The van der Waals surface area contributed by atoms with E-state index < -0.39 is 0 Å². The van der Waals surface area contributed by atoms with Gasteiger partial charge in [0.1, 0.15) is 5.75 Å². The minimum atomic E-state index is -0.132. The van der Waals surface area contributed by atoms with E-state index in [1.807, 2.05) is 12.1 Å². The number of benzene rings is 1. The average molecular weight is 371 g/mol. The lowest BCUT2D eigenvalue weighted by atomic mass is 9.95. The number of carbonyl (C=O) groups is 2. The van der Waals surface area contributed by atoms with Crippen molar-refractivity contribution in [3.8, 4) is 10.8 Å². The number of ether oxygens (including phenoxy) is 1. The van der Waals surface area contributed by atoms with E-state index in [1.54, 1.807) is 24.3 Å². The fourth-order valence-electron chi connectivity index (χ4n) is 3.68. The maximum Gasteiger partial charge on any atom is 0.261 e. The zero-order valence-corrected chi connectivity index (χ0v) is 15.3. The summed E-state index contributed by atoms with van der Waals surface area (Å²) in [5, 5.41) is 10.0. The second-order valence-corrected chi connectivity index (χ2v) is 7.84. The zero-order chi connectivity index (χ0) is 18.1. The second kappa shape index (κ2) is 7.09. The van der Waals surface area contributed by atoms with Gasteiger partial charge in [0.05, 0.1) is 4.88 Å². The van der Waals surface area contributed by atoms with Crippen LogP contribution in [0.3, 0.4) is 0 Å². The second-order valence-electron chi connectivity index (χ2n) is 6.79. The van der Waals surface area contributed by atoms with Gasteiger partial charge in [0.15, 0.2) is 5.06 Å². The first-order valence-electron chi connectivity index (χ1n) is 8.79. The fourth-order valence-corrected chi connectivity index (χ4v) is 4.46. The van der Waals surface area contributed by atoms with Gasteiger partial charge in [-0.1, -0.05) is 17.4 Å². The van der Waals surface area contributed by atoms with Crippen molar-refractivity contribution in [3.63, 3.8) is 0 Å². The number of fused-ring (bicyclic) bond motifs is 2. The third kappa shape index (κ3) is 3.73. The van der Waals surface area contributed by atoms with Gasteiger partial charge in [-0.2, -0.15) is 0 Å². The number of rotatable bonds is 5. The van der Waals surface area contributed by atoms with Crippen LogP contribution in [0.5, 0.6) is 10.8 Å². The molecule has 3 N–H and O–H groups in total. The summed E-state index contributed by atoms with van der Waals surface area (Å²) in [7, 11) is 0. The third-order valence-electron chi connectivity index (χ3n) is 4.79. The van der Waals surface area contributed by atoms with E-state index in [4.69, 9.17) is 4.74 Å². The Labute approximate surface area is 155 Å². The molecule has 7 heteroatoms. The average Bonchev–Trinajstić information content (AvgIpc) is 3.31. The molecule has 2 aromatic rings. The molecule has 6 nitrogen and oxygen atoms in total. The summed E-state index contributed by atoms with van der Waals surface area (Å²) in [6.45, 7) is 1.46. The summed E-state index contributed by atoms with van der Waals surface area (Å²) in [4.78, 5) is 24.3. The normalized spacial score (nSPS) is 23.7. The molecule has 4 rings (SSSR count). The summed E-state index contributed by atoms with van der Waals surface area (Å²) in [6, 6.07) is 11.9. The zero-order valence-electron chi connectivity index (χ0n) is 14.5. The molecule has 0 saturated carbocycles. The largest absolute Gasteiger partial charge is 0.447 e. The summed E-state index contributed by atoms with van der Waals surface area (Å²) in [6.07, 6.45) is 3.37. The lowest BCUT2D eigenvalue weighted by molar-refractivity contribution is -0.114. The van der Waals surface area contributed by atoms with Gasteiger partial charge in [0, 0.05) is 36.8 Å². The highest BCUT2D eigenvalue weighted by Gasteiger charge is 2.39. The quantitative estimate of drug-likeness (QED) is 0.754. The molecule has 2 fully saturated rings. The van der Waals surface area contributed by atoms with Gasteiger partial charge >= 0.3 is 0 Å². The number of thiophene rings is 1. The van der Waals surface area contributed by atoms with Gasteiger partial charge in [0.2, 0.25) is 5.91 Å². The predicted molar refractivity (Wildman–Crippen MR) is 101 cm³/mol. The first-order valence-corrected chi connectivity index (χ1v) is 9.61. The van der Waals surface area contributed by atoms with Crippen molar-refractivity contribution in [1.82, 2.24) is 10.6 Å². The van der Waals surface area contributed by atoms with E-state index in [9.17, 15) is 9.59 Å². The molecule has 26 heavy (non-hydrogen) atoms. The Hall–Kier alpha value is -2.38. The van der Waals surface area contributed by atoms with Gasteiger partial charge in [-0.05, 0) is 43.5 Å². The van der Waals surface area contributed by atoms with Crippen molar-refractivity contribution in [2.24, 2.45) is 0 Å². The Balaban J connectivity index is 1.38. The number of amides is 2. The molecule has 3 heterocycles. The van der Waals surface area contributed by atoms with Crippen molar-refractivity contribution in [2.75, 3.05) is 5.32 Å². The molecular formula is C19H21N3O3S. The molecule has 2 bridgehead atoms. The molecular weight excluding hydrogens is 350 g/mol. The van der Waals surface area contributed by atoms with Crippen LogP contribution in [-0.4, -0.2) is 29.9 Å². The monoisotopic (exact) mass is 371 g/mol. The van der Waals surface area contributed by atoms with Crippen molar-refractivity contribution < 1.29 is 14.3 Å². The van der Waals surface area contributed by atoms with Crippen LogP contribution in [-0.2, 0) is 4.79 Å². The van der Waals surface area contributed by atoms with E-state index in [-0.39, 0.29) is 17.9 Å². The van der Waals surface area contributed by atoms with Crippen molar-refractivity contribution in [1.29, 1.82) is 0 Å². The topological polar surface area (TPSA) is 79.5 Å². The molecule has 0 unspecified atom stereocenters. The van der Waals surface area contributed by atoms with E-state index >= 15 is 0 Å². The molecule has 2 aliphatic heterocycles. The maximum atomic E-state index is 12.5. The summed E-state index contributed by atoms with van der Waals surface area (Å²) >= 11 is 1.32. The third-order valence-corrected chi connectivity index (χ3v) is 5.76. The number of anilines is 1. The molecule has 0 aliphatic carbocycles. The minimum absolute atomic E-state index is 0.0452. The molecule has 2 aliphatic rings. The van der Waals surface area contributed by atoms with Crippen LogP contribution in [0, 0.1) is 0 Å². The SMILES string of the molecule is CC(=O)Nc1cccc(Oc2ccc(C(=O)N[C@@H]3C[C@H]4CC[C@@H]3N4)s2)c1. The van der Waals surface area contributed by atoms with E-state index in [2.05, 4.69) is 16.0 Å². The molecule has 2 amide bonds. The van der Waals surface area contributed by atoms with E-state index in [0.717, 1.165) is 12.8 Å². The smallest absolute Gasteiger partial charge is 0.261 e. The summed E-state index contributed by atoms with van der Waals surface area (Å²) in [5.74, 6) is 0.436. The highest BCUT2D eigenvalue weighted by Crippen LogP contribution is 2.32. The summed E-state index contributed by atoms with van der Waals surface area (Å²) < 4.78 is 5.83. The molecule has 1 aromatic heterocycles. The van der Waals surface area contributed by atoms with E-state index in [1.165, 1.54) is 24.7 Å². The van der Waals surface area contributed by atoms with Gasteiger partial charge in [0.25, 0.3) is 5.91 Å². The molecule has 0 radical (unpaired) electrons. The van der Waals surface area contributed by atoms with Gasteiger partial charge in [-0.3, -0.25) is 9.59 Å². The highest BCUT2D eigenvalue weighted by molar-refractivity contribution is 7.15. The first kappa shape index (κ1) is 17.1. The molecule has 3 atom stereocenters. The number of carbonyl (C=O) groups excluding carboxylic acids is 2. The van der Waals surface area contributed by atoms with Crippen molar-refractivity contribution >= 4 is 28.8 Å². The van der Waals surface area contributed by atoms with Crippen LogP contribution in [0.4, 0.5) is 5.69 Å². The Bertz CT molecular complexity index is 835. The van der Waals surface area contributed by atoms with Crippen molar-refractivity contribution in [3.05, 3.63) is 41.3 Å². The molecule has 1 aromatic carbocycles. The van der Waals surface area contributed by atoms with Crippen LogP contribution < -0.4 is 20.7 Å². The lowest BCUT2D eigenvalue weighted by Gasteiger charge is -2.20.